The number of ether oxygens (including phenoxy) is 2. The van der Waals surface area contributed by atoms with Gasteiger partial charge in [-0.2, -0.15) is 0 Å². The summed E-state index contributed by atoms with van der Waals surface area (Å²) < 4.78 is 12.0. The van der Waals surface area contributed by atoms with Gasteiger partial charge in [-0.25, -0.2) is 0 Å². The van der Waals surface area contributed by atoms with Crippen LogP contribution in [0.1, 0.15) is 158 Å². The summed E-state index contributed by atoms with van der Waals surface area (Å²) in [5.74, 6) is 13.4. The molecule has 2 N–H and O–H groups in total. The maximum Gasteiger partial charge on any atom is 0.308 e. The molecule has 0 aliphatic heterocycles. The largest absolute Gasteiger partial charge is 0.426 e. The Kier molecular flexibility index (Phi) is 12.6. The van der Waals surface area contributed by atoms with Crippen LogP contribution >= 0.6 is 0 Å². The van der Waals surface area contributed by atoms with Gasteiger partial charge in [-0.3, -0.25) is 9.59 Å². The lowest BCUT2D eigenvalue weighted by molar-refractivity contribution is -0.133. The summed E-state index contributed by atoms with van der Waals surface area (Å²) in [5.41, 5.74) is 4.92. The van der Waals surface area contributed by atoms with Crippen LogP contribution in [0.5, 0.6) is 11.5 Å². The van der Waals surface area contributed by atoms with Crippen molar-refractivity contribution >= 4 is 33.5 Å². The van der Waals surface area contributed by atoms with Gasteiger partial charge in [0.25, 0.3) is 0 Å². The number of benzene rings is 5. The van der Waals surface area contributed by atoms with E-state index in [4.69, 9.17) is 9.47 Å². The first kappa shape index (κ1) is 47.6. The molecule has 0 saturated heterocycles. The molecule has 6 heteroatoms. The second kappa shape index (κ2) is 16.4. The van der Waals surface area contributed by atoms with E-state index in [9.17, 15) is 19.8 Å². The number of fused-ring (bicyclic) bond motifs is 2. The molecule has 0 aliphatic carbocycles. The van der Waals surface area contributed by atoms with E-state index in [0.29, 0.717) is 11.5 Å². The highest BCUT2D eigenvalue weighted by Gasteiger charge is 2.31. The predicted octanol–water partition coefficient (Wildman–Crippen LogP) is 12.6. The summed E-state index contributed by atoms with van der Waals surface area (Å²) in [6.45, 7) is 35.0. The Labute approximate surface area is 370 Å². The van der Waals surface area contributed by atoms with E-state index in [2.05, 4.69) is 167 Å². The van der Waals surface area contributed by atoms with Gasteiger partial charge in [-0.05, 0) is 130 Å². The molecule has 0 radical (unpaired) electrons. The lowest BCUT2D eigenvalue weighted by Gasteiger charge is -2.30. The van der Waals surface area contributed by atoms with Crippen LogP contribution in [0.3, 0.4) is 0 Å². The summed E-state index contributed by atoms with van der Waals surface area (Å²) >= 11 is 0. The number of carbonyl (C=O) groups excluding carboxylic acids is 2. The molecule has 0 fully saturated rings. The predicted molar refractivity (Wildman–Crippen MR) is 256 cm³/mol. The third kappa shape index (κ3) is 10.8. The monoisotopic (exact) mass is 834 g/mol. The van der Waals surface area contributed by atoms with Gasteiger partial charge in [-0.15, -0.1) is 0 Å². The average molecular weight is 835 g/mol. The first-order chi connectivity index (χ1) is 28.2. The zero-order chi connectivity index (χ0) is 46.7. The van der Waals surface area contributed by atoms with Crippen LogP contribution in [0, 0.1) is 23.7 Å². The van der Waals surface area contributed by atoms with Gasteiger partial charge in [0.05, 0.1) is 0 Å². The van der Waals surface area contributed by atoms with Crippen molar-refractivity contribution in [3.63, 3.8) is 0 Å². The summed E-state index contributed by atoms with van der Waals surface area (Å²) in [6.07, 6.45) is 0. The topological polar surface area (TPSA) is 93.1 Å². The molecule has 6 nitrogen and oxygen atoms in total. The third-order valence-corrected chi connectivity index (χ3v) is 10.7. The molecule has 5 rings (SSSR count). The van der Waals surface area contributed by atoms with Crippen molar-refractivity contribution in [3.05, 3.63) is 94.0 Å². The van der Waals surface area contributed by atoms with Crippen LogP contribution in [-0.2, 0) is 31.2 Å². The smallest absolute Gasteiger partial charge is 0.308 e. The van der Waals surface area contributed by atoms with E-state index in [0.717, 1.165) is 77.2 Å². The number of aliphatic hydroxyl groups is 2. The van der Waals surface area contributed by atoms with Crippen LogP contribution < -0.4 is 9.47 Å². The molecule has 0 unspecified atom stereocenters. The first-order valence-electron chi connectivity index (χ1n) is 21.5. The van der Waals surface area contributed by atoms with Crippen LogP contribution in [0.2, 0.25) is 0 Å². The minimum atomic E-state index is -1.29. The van der Waals surface area contributed by atoms with Crippen LogP contribution in [-0.4, -0.2) is 33.4 Å². The molecule has 5 aromatic carbocycles. The Balaban J connectivity index is 2.00. The summed E-state index contributed by atoms with van der Waals surface area (Å²) in [7, 11) is 0. The van der Waals surface area contributed by atoms with Gasteiger partial charge in [0.2, 0.25) is 0 Å². The van der Waals surface area contributed by atoms with Crippen molar-refractivity contribution in [3.8, 4) is 57.4 Å². The number of carbonyl (C=O) groups is 2. The van der Waals surface area contributed by atoms with Gasteiger partial charge < -0.3 is 19.7 Å². The maximum atomic E-state index is 12.5. The van der Waals surface area contributed by atoms with E-state index in [1.54, 1.807) is 27.7 Å². The highest BCUT2D eigenvalue weighted by molar-refractivity contribution is 6.11. The normalized spacial score (nSPS) is 12.7. The zero-order valence-corrected chi connectivity index (χ0v) is 40.3. The lowest BCUT2D eigenvalue weighted by Crippen LogP contribution is -2.21. The van der Waals surface area contributed by atoms with Crippen LogP contribution in [0.25, 0.3) is 43.8 Å². The highest BCUT2D eigenvalue weighted by atomic mass is 16.5. The minimum Gasteiger partial charge on any atom is -0.426 e. The molecule has 62 heavy (non-hydrogen) atoms. The van der Waals surface area contributed by atoms with E-state index < -0.39 is 11.2 Å². The van der Waals surface area contributed by atoms with E-state index in [-0.39, 0.29) is 33.6 Å². The van der Waals surface area contributed by atoms with Crippen molar-refractivity contribution in [2.75, 3.05) is 0 Å². The third-order valence-electron chi connectivity index (χ3n) is 10.7. The fraction of sp³-hybridized carbons (Fsp3) is 0.429. The van der Waals surface area contributed by atoms with Gasteiger partial charge in [0, 0.05) is 47.2 Å². The van der Waals surface area contributed by atoms with Gasteiger partial charge in [0.15, 0.2) is 0 Å². The molecule has 5 aromatic rings. The molecule has 0 spiro atoms. The van der Waals surface area contributed by atoms with Crippen molar-refractivity contribution in [2.45, 2.75) is 157 Å². The fourth-order valence-corrected chi connectivity index (χ4v) is 7.61. The fourth-order valence-electron chi connectivity index (χ4n) is 7.61. The maximum absolute atomic E-state index is 12.5. The molecule has 0 bridgehead atoms. The number of hydrogen-bond donors (Lipinski definition) is 2. The van der Waals surface area contributed by atoms with E-state index >= 15 is 0 Å². The highest BCUT2D eigenvalue weighted by Crippen LogP contribution is 2.46. The quantitative estimate of drug-likeness (QED) is 0.0811. The molecular formula is C56H66O6. The van der Waals surface area contributed by atoms with Crippen LogP contribution in [0.4, 0.5) is 0 Å². The van der Waals surface area contributed by atoms with Crippen molar-refractivity contribution in [1.29, 1.82) is 0 Å². The number of rotatable bonds is 4. The Morgan fingerprint density at radius 1 is 0.419 bits per heavy atom. The molecule has 0 aromatic heterocycles. The minimum absolute atomic E-state index is 0.358. The van der Waals surface area contributed by atoms with Crippen LogP contribution in [0.15, 0.2) is 60.7 Å². The summed E-state index contributed by atoms with van der Waals surface area (Å²) in [6, 6.07) is 21.0. The molecule has 0 atom stereocenters. The molecular weight excluding hydrogens is 769 g/mol. The molecule has 0 aliphatic rings. The molecule has 0 saturated carbocycles. The summed E-state index contributed by atoms with van der Waals surface area (Å²) in [5, 5.41) is 25.3. The molecule has 326 valence electrons. The average Bonchev–Trinajstić information content (AvgIpc) is 3.09. The Hall–Kier alpha value is -5.40. The number of hydrogen-bond acceptors (Lipinski definition) is 6. The van der Waals surface area contributed by atoms with Gasteiger partial charge >= 0.3 is 11.9 Å². The van der Waals surface area contributed by atoms with Gasteiger partial charge in [-0.1, -0.05) is 131 Å². The van der Waals surface area contributed by atoms with Crippen molar-refractivity contribution in [1.82, 2.24) is 0 Å². The first-order valence-corrected chi connectivity index (χ1v) is 21.5. The number of esters is 2. The molecule has 0 heterocycles. The Bertz CT molecular complexity index is 2510. The Morgan fingerprint density at radius 2 is 0.694 bits per heavy atom. The Morgan fingerprint density at radius 3 is 0.935 bits per heavy atom. The standard InChI is InChI=1S/C56H66O6/c1-33(57)61-49-45(51(3,4)5)29-37(30-46(49)52(6,7)8)35-19-21-39-41(23-25-55(15,16)59)40-22-20-36(28-44(40)42(43(39)27-35)24-26-56(17,18)60)38-31-47(53(9,10)11)50(62-34(2)58)48(32-38)54(12,13)14/h19-22,27-32,59-60H,1-18H3. The SMILES string of the molecule is CC(=O)Oc1c(C(C)(C)C)cc(-c2ccc3c(C#CC(C)(C)O)c4ccc(-c5cc(C(C)(C)C)c(OC(C)=O)c(C(C)(C)C)c5)cc4c(C#CC(C)(C)O)c3c2)cc1C(C)(C)C. The van der Waals surface area contributed by atoms with E-state index in [1.807, 2.05) is 0 Å². The molecule has 0 amide bonds. The zero-order valence-electron chi connectivity index (χ0n) is 40.3. The summed E-state index contributed by atoms with van der Waals surface area (Å²) in [4.78, 5) is 25.0. The van der Waals surface area contributed by atoms with Crippen molar-refractivity contribution < 1.29 is 29.3 Å². The lowest BCUT2D eigenvalue weighted by atomic mass is 9.77. The van der Waals surface area contributed by atoms with E-state index in [1.165, 1.54) is 13.8 Å². The second-order valence-electron chi connectivity index (χ2n) is 21.9. The van der Waals surface area contributed by atoms with Crippen molar-refractivity contribution in [2.24, 2.45) is 0 Å². The second-order valence-corrected chi connectivity index (χ2v) is 21.9. The van der Waals surface area contributed by atoms with Gasteiger partial charge in [0.1, 0.15) is 22.7 Å².